The highest BCUT2D eigenvalue weighted by Gasteiger charge is 2.47. The molecule has 8 heteroatoms. The number of aromatic nitrogens is 6. The van der Waals surface area contributed by atoms with Crippen LogP contribution in [0.4, 0.5) is 4.39 Å². The Kier molecular flexibility index (Phi) is 3.69. The number of rotatable bonds is 5. The Hall–Kier alpha value is -2.61. The first-order chi connectivity index (χ1) is 10.9. The minimum Gasteiger partial charge on any atom is -0.381 e. The van der Waals surface area contributed by atoms with E-state index < -0.39 is 11.1 Å². The van der Waals surface area contributed by atoms with Crippen LogP contribution >= 0.6 is 0 Å². The standard InChI is InChI=1S/C15H17FN6O/c1-14(2,22-11-18-9-20-22)15(23,7-21-10-17-8-19-21)12-3-5-13(16)6-4-12/h3-6,8-11,23H,7H2,1-2H3. The van der Waals surface area contributed by atoms with E-state index in [1.807, 2.05) is 13.8 Å². The van der Waals surface area contributed by atoms with Crippen LogP contribution in [0.15, 0.2) is 49.6 Å². The number of hydrogen-bond donors (Lipinski definition) is 1. The SMILES string of the molecule is CC(C)(n1cncn1)C(O)(Cn1cncn1)c1ccc(F)cc1. The summed E-state index contributed by atoms with van der Waals surface area (Å²) in [5, 5.41) is 19.8. The zero-order valence-electron chi connectivity index (χ0n) is 12.8. The van der Waals surface area contributed by atoms with Gasteiger partial charge in [-0.05, 0) is 31.5 Å². The summed E-state index contributed by atoms with van der Waals surface area (Å²) in [6.07, 6.45) is 5.86. The third-order valence-corrected chi connectivity index (χ3v) is 4.18. The van der Waals surface area contributed by atoms with Gasteiger partial charge in [0.1, 0.15) is 36.7 Å². The van der Waals surface area contributed by atoms with E-state index in [0.29, 0.717) is 5.56 Å². The van der Waals surface area contributed by atoms with Gasteiger partial charge < -0.3 is 5.11 Å². The molecular weight excluding hydrogens is 299 g/mol. The molecular formula is C15H17FN6O. The first-order valence-corrected chi connectivity index (χ1v) is 7.09. The molecule has 0 aliphatic carbocycles. The molecule has 1 aromatic carbocycles. The summed E-state index contributed by atoms with van der Waals surface area (Å²) in [7, 11) is 0. The molecule has 0 saturated heterocycles. The lowest BCUT2D eigenvalue weighted by Gasteiger charge is -2.42. The van der Waals surface area contributed by atoms with Gasteiger partial charge in [-0.1, -0.05) is 12.1 Å². The monoisotopic (exact) mass is 316 g/mol. The topological polar surface area (TPSA) is 81.6 Å². The van der Waals surface area contributed by atoms with Gasteiger partial charge in [0.15, 0.2) is 0 Å². The van der Waals surface area contributed by atoms with Gasteiger partial charge in [0.05, 0.1) is 12.1 Å². The van der Waals surface area contributed by atoms with Crippen molar-refractivity contribution in [2.24, 2.45) is 0 Å². The highest BCUT2D eigenvalue weighted by molar-refractivity contribution is 5.26. The lowest BCUT2D eigenvalue weighted by atomic mass is 9.77. The molecule has 1 atom stereocenters. The van der Waals surface area contributed by atoms with Crippen LogP contribution in [-0.2, 0) is 17.7 Å². The molecule has 7 nitrogen and oxygen atoms in total. The van der Waals surface area contributed by atoms with Gasteiger partial charge in [-0.3, -0.25) is 0 Å². The largest absolute Gasteiger partial charge is 0.381 e. The van der Waals surface area contributed by atoms with Crippen molar-refractivity contribution in [1.82, 2.24) is 29.5 Å². The van der Waals surface area contributed by atoms with E-state index in [1.54, 1.807) is 16.8 Å². The maximum Gasteiger partial charge on any atom is 0.137 e. The third-order valence-electron chi connectivity index (χ3n) is 4.18. The van der Waals surface area contributed by atoms with Crippen LogP contribution in [0, 0.1) is 5.82 Å². The quantitative estimate of drug-likeness (QED) is 0.768. The second kappa shape index (κ2) is 5.54. The number of nitrogens with zero attached hydrogens (tertiary/aromatic N) is 6. The van der Waals surface area contributed by atoms with Crippen molar-refractivity contribution in [2.45, 2.75) is 31.5 Å². The van der Waals surface area contributed by atoms with Crippen LogP contribution in [0.1, 0.15) is 19.4 Å². The van der Waals surface area contributed by atoms with Crippen molar-refractivity contribution in [3.05, 3.63) is 61.0 Å². The van der Waals surface area contributed by atoms with Crippen molar-refractivity contribution in [1.29, 1.82) is 0 Å². The summed E-state index contributed by atoms with van der Waals surface area (Å²) in [4.78, 5) is 7.86. The van der Waals surface area contributed by atoms with Gasteiger partial charge >= 0.3 is 0 Å². The van der Waals surface area contributed by atoms with Gasteiger partial charge in [0, 0.05) is 0 Å². The number of aliphatic hydroxyl groups is 1. The van der Waals surface area contributed by atoms with Crippen molar-refractivity contribution in [3.63, 3.8) is 0 Å². The molecule has 3 aromatic rings. The normalized spacial score (nSPS) is 14.6. The van der Waals surface area contributed by atoms with Gasteiger partial charge in [-0.15, -0.1) is 0 Å². The highest BCUT2D eigenvalue weighted by Crippen LogP contribution is 2.39. The second-order valence-corrected chi connectivity index (χ2v) is 5.86. The molecule has 2 aromatic heterocycles. The smallest absolute Gasteiger partial charge is 0.137 e. The van der Waals surface area contributed by atoms with Crippen LogP contribution in [0.5, 0.6) is 0 Å². The van der Waals surface area contributed by atoms with E-state index in [1.165, 1.54) is 42.1 Å². The van der Waals surface area contributed by atoms with Crippen LogP contribution in [-0.4, -0.2) is 34.6 Å². The number of halogens is 1. The van der Waals surface area contributed by atoms with E-state index >= 15 is 0 Å². The molecule has 23 heavy (non-hydrogen) atoms. The number of benzene rings is 1. The maximum atomic E-state index is 13.3. The predicted molar refractivity (Wildman–Crippen MR) is 79.7 cm³/mol. The molecule has 0 amide bonds. The average molecular weight is 316 g/mol. The zero-order chi connectivity index (χ0) is 16.5. The predicted octanol–water partition coefficient (Wildman–Crippen LogP) is 1.33. The van der Waals surface area contributed by atoms with E-state index in [-0.39, 0.29) is 12.4 Å². The molecule has 2 heterocycles. The Morgan fingerprint density at radius 2 is 1.70 bits per heavy atom. The van der Waals surface area contributed by atoms with Crippen molar-refractivity contribution < 1.29 is 9.50 Å². The molecule has 0 bridgehead atoms. The van der Waals surface area contributed by atoms with Gasteiger partial charge in [0.25, 0.3) is 0 Å². The van der Waals surface area contributed by atoms with E-state index in [0.717, 1.165) is 0 Å². The fraction of sp³-hybridized carbons (Fsp3) is 0.333. The van der Waals surface area contributed by atoms with Gasteiger partial charge in [0.2, 0.25) is 0 Å². The summed E-state index contributed by atoms with van der Waals surface area (Å²) in [5.74, 6) is -0.365. The number of hydrogen-bond acceptors (Lipinski definition) is 5. The van der Waals surface area contributed by atoms with Crippen LogP contribution in [0.2, 0.25) is 0 Å². The summed E-state index contributed by atoms with van der Waals surface area (Å²) in [5.41, 5.74) is -1.73. The van der Waals surface area contributed by atoms with E-state index in [4.69, 9.17) is 0 Å². The third kappa shape index (κ3) is 2.61. The minimum absolute atomic E-state index is 0.130. The van der Waals surface area contributed by atoms with Crippen molar-refractivity contribution in [2.75, 3.05) is 0 Å². The lowest BCUT2D eigenvalue weighted by Crippen LogP contribution is -2.52. The Bertz CT molecular complexity index is 754. The summed E-state index contributed by atoms with van der Waals surface area (Å²) in [6, 6.07) is 5.76. The first kappa shape index (κ1) is 15.3. The van der Waals surface area contributed by atoms with Gasteiger partial charge in [-0.2, -0.15) is 10.2 Å². The molecule has 0 fully saturated rings. The van der Waals surface area contributed by atoms with E-state index in [9.17, 15) is 9.50 Å². The fourth-order valence-electron chi connectivity index (χ4n) is 2.60. The molecule has 0 spiro atoms. The Labute approximate surface area is 132 Å². The average Bonchev–Trinajstić information content (AvgIpc) is 3.21. The van der Waals surface area contributed by atoms with Crippen LogP contribution in [0.25, 0.3) is 0 Å². The molecule has 3 rings (SSSR count). The first-order valence-electron chi connectivity index (χ1n) is 7.09. The minimum atomic E-state index is -1.41. The molecule has 1 N–H and O–H groups in total. The molecule has 1 unspecified atom stereocenters. The Morgan fingerprint density at radius 1 is 1.04 bits per heavy atom. The molecule has 120 valence electrons. The fourth-order valence-corrected chi connectivity index (χ4v) is 2.60. The van der Waals surface area contributed by atoms with Crippen molar-refractivity contribution in [3.8, 4) is 0 Å². The maximum absolute atomic E-state index is 13.3. The second-order valence-electron chi connectivity index (χ2n) is 5.86. The highest BCUT2D eigenvalue weighted by atomic mass is 19.1. The van der Waals surface area contributed by atoms with Gasteiger partial charge in [-0.25, -0.2) is 23.7 Å². The zero-order valence-corrected chi connectivity index (χ0v) is 12.8. The lowest BCUT2D eigenvalue weighted by molar-refractivity contribution is -0.0862. The molecule has 0 radical (unpaired) electrons. The van der Waals surface area contributed by atoms with E-state index in [2.05, 4.69) is 20.2 Å². The summed E-state index contributed by atoms with van der Waals surface area (Å²) < 4.78 is 16.4. The molecule has 0 aliphatic rings. The van der Waals surface area contributed by atoms with Crippen LogP contribution < -0.4 is 0 Å². The van der Waals surface area contributed by atoms with Crippen molar-refractivity contribution >= 4 is 0 Å². The Balaban J connectivity index is 2.11. The van der Waals surface area contributed by atoms with Crippen LogP contribution in [0.3, 0.4) is 0 Å². The summed E-state index contributed by atoms with van der Waals surface area (Å²) in [6.45, 7) is 3.80. The molecule has 0 saturated carbocycles. The summed E-state index contributed by atoms with van der Waals surface area (Å²) >= 11 is 0. The molecule has 0 aliphatic heterocycles. The Morgan fingerprint density at radius 3 is 2.26 bits per heavy atom.